The molecule has 0 fully saturated rings. The van der Waals surface area contributed by atoms with Crippen LogP contribution < -0.4 is 4.72 Å². The zero-order valence-electron chi connectivity index (χ0n) is 7.95. The molecule has 1 aromatic carbocycles. The van der Waals surface area contributed by atoms with Gasteiger partial charge in [0.25, 0.3) is 5.69 Å². The molecular weight excluding hydrogens is 234 g/mol. The first kappa shape index (κ1) is 11.9. The number of nitrogens with zero attached hydrogens (tertiary/aromatic N) is 2. The van der Waals surface area contributed by atoms with Crippen molar-refractivity contribution >= 4 is 21.4 Å². The highest BCUT2D eigenvalue weighted by molar-refractivity contribution is 7.92. The third-order valence-electron chi connectivity index (χ3n) is 1.61. The van der Waals surface area contributed by atoms with Gasteiger partial charge >= 0.3 is 0 Å². The van der Waals surface area contributed by atoms with E-state index >= 15 is 0 Å². The number of nitrogens with one attached hydrogen (secondary N) is 1. The Morgan fingerprint density at radius 3 is 2.38 bits per heavy atom. The van der Waals surface area contributed by atoms with Gasteiger partial charge in [-0.1, -0.05) is 0 Å². The number of nitriles is 1. The van der Waals surface area contributed by atoms with E-state index in [1.165, 1.54) is 30.3 Å². The van der Waals surface area contributed by atoms with Gasteiger partial charge in [-0.2, -0.15) is 5.26 Å². The zero-order valence-corrected chi connectivity index (χ0v) is 8.77. The minimum Gasteiger partial charge on any atom is -0.283 e. The maximum absolute atomic E-state index is 11.2. The predicted octanol–water partition coefficient (Wildman–Crippen LogP) is 0.860. The summed E-state index contributed by atoms with van der Waals surface area (Å²) in [7, 11) is -3.70. The number of nitro groups is 1. The molecule has 8 heteroatoms. The number of non-ortho nitro benzene ring substituents is 1. The van der Waals surface area contributed by atoms with Crippen LogP contribution in [0, 0.1) is 21.4 Å². The lowest BCUT2D eigenvalue weighted by Crippen LogP contribution is -2.15. The van der Waals surface area contributed by atoms with Crippen LogP contribution in [0.25, 0.3) is 0 Å². The number of sulfonamides is 1. The van der Waals surface area contributed by atoms with Crippen molar-refractivity contribution < 1.29 is 13.3 Å². The fourth-order valence-corrected chi connectivity index (χ4v) is 1.69. The maximum atomic E-state index is 11.2. The number of nitro benzene ring substituents is 1. The molecule has 0 amide bonds. The van der Waals surface area contributed by atoms with E-state index in [1.807, 2.05) is 0 Å². The van der Waals surface area contributed by atoms with E-state index in [4.69, 9.17) is 5.26 Å². The van der Waals surface area contributed by atoms with Crippen molar-refractivity contribution in [3.8, 4) is 6.07 Å². The van der Waals surface area contributed by atoms with Crippen LogP contribution in [0.2, 0.25) is 0 Å². The molecular formula is C8H7N3O4S. The second-order valence-electron chi connectivity index (χ2n) is 2.82. The zero-order chi connectivity index (χ0) is 12.2. The first-order valence-corrected chi connectivity index (χ1v) is 5.72. The Labute approximate surface area is 91.5 Å². The van der Waals surface area contributed by atoms with Gasteiger partial charge in [-0.05, 0) is 12.1 Å². The lowest BCUT2D eigenvalue weighted by atomic mass is 10.3. The minimum absolute atomic E-state index is 0.136. The van der Waals surface area contributed by atoms with Gasteiger partial charge in [0.05, 0.1) is 11.0 Å². The van der Waals surface area contributed by atoms with Crippen LogP contribution in [0.3, 0.4) is 0 Å². The van der Waals surface area contributed by atoms with Crippen LogP contribution in [0.4, 0.5) is 11.4 Å². The maximum Gasteiger partial charge on any atom is 0.269 e. The standard InChI is InChI=1S/C8H7N3O4S/c9-5-6-16(14,15)10-7-1-3-8(4-2-7)11(12)13/h1-4,10H,6H2. The van der Waals surface area contributed by atoms with Crippen molar-refractivity contribution in [3.05, 3.63) is 34.4 Å². The number of hydrogen-bond acceptors (Lipinski definition) is 5. The highest BCUT2D eigenvalue weighted by atomic mass is 32.2. The van der Waals surface area contributed by atoms with Crippen LogP contribution in [0.1, 0.15) is 0 Å². The highest BCUT2D eigenvalue weighted by Gasteiger charge is 2.10. The summed E-state index contributed by atoms with van der Waals surface area (Å²) >= 11 is 0. The van der Waals surface area contributed by atoms with Crippen molar-refractivity contribution in [2.24, 2.45) is 0 Å². The van der Waals surface area contributed by atoms with Crippen molar-refractivity contribution in [1.29, 1.82) is 5.26 Å². The van der Waals surface area contributed by atoms with Gasteiger partial charge in [0.2, 0.25) is 10.0 Å². The van der Waals surface area contributed by atoms with E-state index in [0.29, 0.717) is 0 Å². The molecule has 0 heterocycles. The Balaban J connectivity index is 2.85. The Hall–Kier alpha value is -2.14. The Kier molecular flexibility index (Phi) is 3.42. The predicted molar refractivity (Wildman–Crippen MR) is 56.1 cm³/mol. The fourth-order valence-electron chi connectivity index (χ4n) is 0.952. The van der Waals surface area contributed by atoms with E-state index in [1.54, 1.807) is 0 Å². The average molecular weight is 241 g/mol. The van der Waals surface area contributed by atoms with Crippen LogP contribution >= 0.6 is 0 Å². The van der Waals surface area contributed by atoms with Crippen LogP contribution in [0.5, 0.6) is 0 Å². The number of hydrogen-bond donors (Lipinski definition) is 1. The molecule has 0 spiro atoms. The first-order chi connectivity index (χ1) is 7.44. The first-order valence-electron chi connectivity index (χ1n) is 4.06. The molecule has 0 aliphatic carbocycles. The van der Waals surface area contributed by atoms with Gasteiger partial charge in [-0.25, -0.2) is 8.42 Å². The monoisotopic (exact) mass is 241 g/mol. The summed E-state index contributed by atoms with van der Waals surface area (Å²) in [6.45, 7) is 0. The summed E-state index contributed by atoms with van der Waals surface area (Å²) in [6, 6.07) is 6.35. The van der Waals surface area contributed by atoms with Crippen molar-refractivity contribution in [1.82, 2.24) is 0 Å². The molecule has 0 atom stereocenters. The van der Waals surface area contributed by atoms with Gasteiger partial charge in [0.15, 0.2) is 5.75 Å². The molecule has 0 saturated heterocycles. The number of anilines is 1. The van der Waals surface area contributed by atoms with Crippen molar-refractivity contribution in [3.63, 3.8) is 0 Å². The average Bonchev–Trinajstić information content (AvgIpc) is 2.17. The van der Waals surface area contributed by atoms with Crippen LogP contribution in [-0.2, 0) is 10.0 Å². The summed E-state index contributed by atoms with van der Waals surface area (Å²) in [6.07, 6.45) is 0. The summed E-state index contributed by atoms with van der Waals surface area (Å²) in [5.41, 5.74) is 0.0454. The SMILES string of the molecule is N#CCS(=O)(=O)Nc1ccc([N+](=O)[O-])cc1. The van der Waals surface area contributed by atoms with Gasteiger partial charge in [-0.3, -0.25) is 14.8 Å². The molecule has 16 heavy (non-hydrogen) atoms. The second-order valence-corrected chi connectivity index (χ2v) is 4.55. The normalized spacial score (nSPS) is 10.4. The third-order valence-corrected chi connectivity index (χ3v) is 2.66. The van der Waals surface area contributed by atoms with Gasteiger partial charge in [0.1, 0.15) is 0 Å². The molecule has 0 radical (unpaired) electrons. The molecule has 7 nitrogen and oxygen atoms in total. The lowest BCUT2D eigenvalue weighted by molar-refractivity contribution is -0.384. The molecule has 1 rings (SSSR count). The molecule has 0 aromatic heterocycles. The molecule has 84 valence electrons. The number of rotatable bonds is 4. The quantitative estimate of drug-likeness (QED) is 0.620. The van der Waals surface area contributed by atoms with E-state index in [0.717, 1.165) is 0 Å². The largest absolute Gasteiger partial charge is 0.283 e. The summed E-state index contributed by atoms with van der Waals surface area (Å²) in [5, 5.41) is 18.6. The molecule has 0 unspecified atom stereocenters. The summed E-state index contributed by atoms with van der Waals surface area (Å²) in [4.78, 5) is 9.73. The van der Waals surface area contributed by atoms with E-state index in [2.05, 4.69) is 4.72 Å². The molecule has 0 saturated carbocycles. The molecule has 0 aliphatic rings. The van der Waals surface area contributed by atoms with E-state index in [-0.39, 0.29) is 11.4 Å². The van der Waals surface area contributed by atoms with Gasteiger partial charge in [0, 0.05) is 17.8 Å². The highest BCUT2D eigenvalue weighted by Crippen LogP contribution is 2.16. The molecule has 1 N–H and O–H groups in total. The van der Waals surface area contributed by atoms with Crippen LogP contribution in [0.15, 0.2) is 24.3 Å². The minimum atomic E-state index is -3.70. The Morgan fingerprint density at radius 1 is 1.38 bits per heavy atom. The van der Waals surface area contributed by atoms with E-state index < -0.39 is 20.7 Å². The van der Waals surface area contributed by atoms with E-state index in [9.17, 15) is 18.5 Å². The Morgan fingerprint density at radius 2 is 1.94 bits per heavy atom. The summed E-state index contributed by atoms with van der Waals surface area (Å²) < 4.78 is 24.4. The smallest absolute Gasteiger partial charge is 0.269 e. The summed E-state index contributed by atoms with van der Waals surface area (Å²) in [5.74, 6) is -0.663. The lowest BCUT2D eigenvalue weighted by Gasteiger charge is -2.03. The van der Waals surface area contributed by atoms with Crippen molar-refractivity contribution in [2.45, 2.75) is 0 Å². The third kappa shape index (κ3) is 3.21. The number of benzene rings is 1. The van der Waals surface area contributed by atoms with Crippen molar-refractivity contribution in [2.75, 3.05) is 10.5 Å². The topological polar surface area (TPSA) is 113 Å². The molecule has 0 aliphatic heterocycles. The fraction of sp³-hybridized carbons (Fsp3) is 0.125. The second kappa shape index (κ2) is 4.59. The molecule has 1 aromatic rings. The van der Waals surface area contributed by atoms with Crippen LogP contribution in [-0.4, -0.2) is 19.1 Å². The molecule has 0 bridgehead atoms. The Bertz CT molecular complexity index is 529. The van der Waals surface area contributed by atoms with Gasteiger partial charge in [-0.15, -0.1) is 0 Å². The van der Waals surface area contributed by atoms with Gasteiger partial charge < -0.3 is 0 Å².